The van der Waals surface area contributed by atoms with Crippen molar-refractivity contribution < 1.29 is 19.1 Å². The molecule has 6 heteroatoms. The summed E-state index contributed by atoms with van der Waals surface area (Å²) in [6.07, 6.45) is 4.26. The molecular formula is C24H28N2O4. The van der Waals surface area contributed by atoms with E-state index in [9.17, 15) is 14.4 Å². The van der Waals surface area contributed by atoms with Crippen molar-refractivity contribution in [3.05, 3.63) is 53.6 Å². The highest BCUT2D eigenvalue weighted by molar-refractivity contribution is 6.01. The minimum atomic E-state index is -0.547. The van der Waals surface area contributed by atoms with E-state index in [0.717, 1.165) is 12.8 Å². The van der Waals surface area contributed by atoms with Crippen LogP contribution < -0.4 is 15.4 Å². The largest absolute Gasteiger partial charge is 0.479 e. The monoisotopic (exact) mass is 408 g/mol. The summed E-state index contributed by atoms with van der Waals surface area (Å²) in [5.41, 5.74) is 2.92. The van der Waals surface area contributed by atoms with Crippen LogP contribution in [0.25, 0.3) is 0 Å². The molecule has 0 bridgehead atoms. The fraction of sp³-hybridized carbons (Fsp3) is 0.375. The van der Waals surface area contributed by atoms with Crippen molar-refractivity contribution in [2.45, 2.75) is 58.5 Å². The van der Waals surface area contributed by atoms with Gasteiger partial charge in [-0.3, -0.25) is 14.4 Å². The molecule has 30 heavy (non-hydrogen) atoms. The third kappa shape index (κ3) is 5.69. The Kier molecular flexibility index (Phi) is 7.22. The number of carbonyl (C=O) groups is 3. The maximum Gasteiger partial charge on any atom is 0.265 e. The third-order valence-corrected chi connectivity index (χ3v) is 5.12. The number of ether oxygens (including phenoxy) is 1. The maximum atomic E-state index is 12.4. The summed E-state index contributed by atoms with van der Waals surface area (Å²) in [7, 11) is 0. The Morgan fingerprint density at radius 2 is 1.83 bits per heavy atom. The van der Waals surface area contributed by atoms with Crippen molar-refractivity contribution in [3.63, 3.8) is 0 Å². The molecule has 0 spiro atoms. The standard InChI is InChI=1S/C24H28N2O4/c1-3-4-5-6-17-7-9-18(10-8-17)21(27)12-14-23(28)25-19-11-13-22-20(15-19)26-24(29)16(2)30-22/h7-11,13,15-16H,3-6,12,14H2,1-2H3,(H,25,28)(H,26,29)/t16-/m0/s1. The lowest BCUT2D eigenvalue weighted by molar-refractivity contribution is -0.122. The van der Waals surface area contributed by atoms with E-state index in [4.69, 9.17) is 4.74 Å². The molecule has 1 aliphatic heterocycles. The Balaban J connectivity index is 1.49. The number of rotatable bonds is 9. The number of anilines is 2. The Hall–Kier alpha value is -3.15. The summed E-state index contributed by atoms with van der Waals surface area (Å²) >= 11 is 0. The molecule has 2 aromatic carbocycles. The summed E-state index contributed by atoms with van der Waals surface area (Å²) in [6.45, 7) is 3.85. The minimum Gasteiger partial charge on any atom is -0.479 e. The predicted octanol–water partition coefficient (Wildman–Crippen LogP) is 4.74. The molecule has 2 amide bonds. The van der Waals surface area contributed by atoms with Gasteiger partial charge in [0.1, 0.15) is 5.75 Å². The zero-order valence-electron chi connectivity index (χ0n) is 17.5. The molecule has 2 N–H and O–H groups in total. The topological polar surface area (TPSA) is 84.5 Å². The van der Waals surface area contributed by atoms with E-state index in [0.29, 0.717) is 22.7 Å². The smallest absolute Gasteiger partial charge is 0.265 e. The Labute approximate surface area is 177 Å². The molecule has 1 heterocycles. The van der Waals surface area contributed by atoms with Crippen molar-refractivity contribution in [1.82, 2.24) is 0 Å². The number of carbonyl (C=O) groups excluding carboxylic acids is 3. The number of hydrogen-bond donors (Lipinski definition) is 2. The van der Waals surface area contributed by atoms with Crippen LogP contribution >= 0.6 is 0 Å². The number of ketones is 1. The molecule has 1 atom stereocenters. The SMILES string of the molecule is CCCCCc1ccc(C(=O)CCC(=O)Nc2ccc3c(c2)NC(=O)[C@H](C)O3)cc1. The predicted molar refractivity (Wildman–Crippen MR) is 117 cm³/mol. The van der Waals surface area contributed by atoms with Gasteiger partial charge in [-0.05, 0) is 43.5 Å². The number of amides is 2. The van der Waals surface area contributed by atoms with Gasteiger partial charge >= 0.3 is 0 Å². The van der Waals surface area contributed by atoms with E-state index in [1.165, 1.54) is 18.4 Å². The second-order valence-electron chi connectivity index (χ2n) is 7.59. The highest BCUT2D eigenvalue weighted by Gasteiger charge is 2.23. The lowest BCUT2D eigenvalue weighted by Gasteiger charge is -2.23. The van der Waals surface area contributed by atoms with Gasteiger partial charge in [0.05, 0.1) is 5.69 Å². The molecule has 158 valence electrons. The van der Waals surface area contributed by atoms with Crippen LogP contribution in [0.3, 0.4) is 0 Å². The van der Waals surface area contributed by atoms with E-state index in [1.54, 1.807) is 25.1 Å². The number of benzene rings is 2. The van der Waals surface area contributed by atoms with Gasteiger partial charge < -0.3 is 15.4 Å². The molecule has 0 saturated heterocycles. The molecule has 0 unspecified atom stereocenters. The van der Waals surface area contributed by atoms with Gasteiger partial charge in [0.15, 0.2) is 11.9 Å². The van der Waals surface area contributed by atoms with Crippen LogP contribution in [0.2, 0.25) is 0 Å². The van der Waals surface area contributed by atoms with Gasteiger partial charge in [-0.1, -0.05) is 44.0 Å². The Morgan fingerprint density at radius 3 is 2.57 bits per heavy atom. The molecule has 0 aliphatic carbocycles. The molecule has 1 aliphatic rings. The summed E-state index contributed by atoms with van der Waals surface area (Å²) in [5.74, 6) is 0.0302. The van der Waals surface area contributed by atoms with Crippen LogP contribution in [0.4, 0.5) is 11.4 Å². The molecule has 6 nitrogen and oxygen atoms in total. The molecular weight excluding hydrogens is 380 g/mol. The first kappa shape index (κ1) is 21.6. The maximum absolute atomic E-state index is 12.4. The fourth-order valence-corrected chi connectivity index (χ4v) is 3.32. The van der Waals surface area contributed by atoms with Crippen LogP contribution in [-0.4, -0.2) is 23.7 Å². The van der Waals surface area contributed by atoms with E-state index in [-0.39, 0.29) is 30.4 Å². The second kappa shape index (κ2) is 10.1. The van der Waals surface area contributed by atoms with Crippen LogP contribution in [-0.2, 0) is 16.0 Å². The third-order valence-electron chi connectivity index (χ3n) is 5.12. The highest BCUT2D eigenvalue weighted by Crippen LogP contribution is 2.32. The van der Waals surface area contributed by atoms with Gasteiger partial charge in [0.25, 0.3) is 5.91 Å². The number of Topliss-reactive ketones (excluding diaryl/α,β-unsaturated/α-hetero) is 1. The second-order valence-corrected chi connectivity index (χ2v) is 7.59. The van der Waals surface area contributed by atoms with Gasteiger partial charge in [-0.25, -0.2) is 0 Å². The Morgan fingerprint density at radius 1 is 1.07 bits per heavy atom. The van der Waals surface area contributed by atoms with Crippen LogP contribution in [0, 0.1) is 0 Å². The van der Waals surface area contributed by atoms with Gasteiger partial charge in [0.2, 0.25) is 5.91 Å². The van der Waals surface area contributed by atoms with Crippen molar-refractivity contribution in [2.75, 3.05) is 10.6 Å². The molecule has 0 radical (unpaired) electrons. The number of nitrogens with one attached hydrogen (secondary N) is 2. The van der Waals surface area contributed by atoms with Crippen LogP contribution in [0.5, 0.6) is 5.75 Å². The molecule has 0 aromatic heterocycles. The van der Waals surface area contributed by atoms with Crippen molar-refractivity contribution in [3.8, 4) is 5.75 Å². The van der Waals surface area contributed by atoms with Crippen LogP contribution in [0.1, 0.15) is 61.9 Å². The van der Waals surface area contributed by atoms with Crippen molar-refractivity contribution in [2.24, 2.45) is 0 Å². The molecule has 0 saturated carbocycles. The quantitative estimate of drug-likeness (QED) is 0.464. The Bertz CT molecular complexity index is 921. The van der Waals surface area contributed by atoms with Crippen molar-refractivity contribution in [1.29, 1.82) is 0 Å². The summed E-state index contributed by atoms with van der Waals surface area (Å²) < 4.78 is 5.50. The van der Waals surface area contributed by atoms with Gasteiger partial charge in [0, 0.05) is 24.1 Å². The average molecular weight is 408 g/mol. The highest BCUT2D eigenvalue weighted by atomic mass is 16.5. The normalized spacial score (nSPS) is 15.0. The summed E-state index contributed by atoms with van der Waals surface area (Å²) in [6, 6.07) is 12.7. The summed E-state index contributed by atoms with van der Waals surface area (Å²) in [5, 5.41) is 5.51. The van der Waals surface area contributed by atoms with Crippen molar-refractivity contribution >= 4 is 29.0 Å². The first-order valence-corrected chi connectivity index (χ1v) is 10.5. The molecule has 0 fully saturated rings. The van der Waals surface area contributed by atoms with Gasteiger partial charge in [-0.15, -0.1) is 0 Å². The van der Waals surface area contributed by atoms with E-state index < -0.39 is 6.10 Å². The summed E-state index contributed by atoms with van der Waals surface area (Å²) in [4.78, 5) is 36.4. The number of unbranched alkanes of at least 4 members (excludes halogenated alkanes) is 2. The first-order valence-electron chi connectivity index (χ1n) is 10.5. The minimum absolute atomic E-state index is 0.0506. The van der Waals surface area contributed by atoms with Crippen LogP contribution in [0.15, 0.2) is 42.5 Å². The van der Waals surface area contributed by atoms with E-state index >= 15 is 0 Å². The fourth-order valence-electron chi connectivity index (χ4n) is 3.32. The lowest BCUT2D eigenvalue weighted by Crippen LogP contribution is -2.34. The van der Waals surface area contributed by atoms with E-state index in [2.05, 4.69) is 17.6 Å². The molecule has 3 rings (SSSR count). The molecule has 2 aromatic rings. The first-order chi connectivity index (χ1) is 14.5. The number of fused-ring (bicyclic) bond motifs is 1. The number of aryl methyl sites for hydroxylation is 1. The zero-order chi connectivity index (χ0) is 21.5. The number of hydrogen-bond acceptors (Lipinski definition) is 4. The zero-order valence-corrected chi connectivity index (χ0v) is 17.5. The van der Waals surface area contributed by atoms with Gasteiger partial charge in [-0.2, -0.15) is 0 Å². The van der Waals surface area contributed by atoms with E-state index in [1.807, 2.05) is 24.3 Å². The lowest BCUT2D eigenvalue weighted by atomic mass is 10.0. The average Bonchev–Trinajstić information content (AvgIpc) is 2.74.